The third kappa shape index (κ3) is 3.54. The van der Waals surface area contributed by atoms with Crippen molar-refractivity contribution in [2.45, 2.75) is 25.8 Å². The molecular weight excluding hydrogens is 296 g/mol. The van der Waals surface area contributed by atoms with Crippen LogP contribution in [0.25, 0.3) is 0 Å². The molecule has 1 aromatic carbocycles. The van der Waals surface area contributed by atoms with Crippen LogP contribution in [0, 0.1) is 5.92 Å². The van der Waals surface area contributed by atoms with Gasteiger partial charge in [-0.1, -0.05) is 6.07 Å². The molecule has 1 saturated carbocycles. The fraction of sp³-hybridized carbons (Fsp3) is 0.294. The molecule has 1 atom stereocenters. The molecule has 1 aliphatic rings. The quantitative estimate of drug-likeness (QED) is 0.886. The molecule has 0 bridgehead atoms. The van der Waals surface area contributed by atoms with Crippen molar-refractivity contribution in [3.05, 3.63) is 52.2 Å². The molecule has 22 heavy (non-hydrogen) atoms. The van der Waals surface area contributed by atoms with Gasteiger partial charge < -0.3 is 10.6 Å². The second-order valence-electron chi connectivity index (χ2n) is 5.55. The molecule has 0 unspecified atom stereocenters. The Balaban J connectivity index is 1.59. The van der Waals surface area contributed by atoms with Gasteiger partial charge in [-0.3, -0.25) is 9.59 Å². The predicted octanol–water partition coefficient (Wildman–Crippen LogP) is 3.59. The average molecular weight is 314 g/mol. The minimum absolute atomic E-state index is 0.0123. The van der Waals surface area contributed by atoms with E-state index in [1.165, 1.54) is 0 Å². The van der Waals surface area contributed by atoms with Crippen molar-refractivity contribution in [2.75, 3.05) is 5.32 Å². The van der Waals surface area contributed by atoms with Crippen molar-refractivity contribution >= 4 is 28.8 Å². The second-order valence-corrected chi connectivity index (χ2v) is 6.53. The number of hydrogen-bond acceptors (Lipinski definition) is 3. The van der Waals surface area contributed by atoms with Crippen LogP contribution in [-0.2, 0) is 4.79 Å². The summed E-state index contributed by atoms with van der Waals surface area (Å²) in [5, 5.41) is 7.83. The van der Waals surface area contributed by atoms with E-state index in [2.05, 4.69) is 10.6 Å². The molecule has 2 aromatic rings. The van der Waals surface area contributed by atoms with Gasteiger partial charge in [-0.05, 0) is 55.5 Å². The predicted molar refractivity (Wildman–Crippen MR) is 88.0 cm³/mol. The van der Waals surface area contributed by atoms with Crippen LogP contribution in [0.15, 0.2) is 41.8 Å². The van der Waals surface area contributed by atoms with Crippen molar-refractivity contribution in [3.63, 3.8) is 0 Å². The number of carbonyl (C=O) groups is 2. The van der Waals surface area contributed by atoms with Gasteiger partial charge in [0.2, 0.25) is 5.91 Å². The summed E-state index contributed by atoms with van der Waals surface area (Å²) < 4.78 is 0. The Bertz CT molecular complexity index is 660. The standard InChI is InChI=1S/C17H18N2O2S/c1-11(15-3-2-10-22-15)18-16(20)13-6-8-14(9-7-13)19-17(21)12-4-5-12/h2-3,6-12H,4-5H2,1H3,(H,18,20)(H,19,21)/t11-/m0/s1. The van der Waals surface area contributed by atoms with E-state index in [1.807, 2.05) is 24.4 Å². The number of anilines is 1. The lowest BCUT2D eigenvalue weighted by atomic mass is 10.1. The molecule has 1 aliphatic carbocycles. The zero-order chi connectivity index (χ0) is 15.5. The van der Waals surface area contributed by atoms with E-state index in [0.29, 0.717) is 5.56 Å². The van der Waals surface area contributed by atoms with Crippen LogP contribution < -0.4 is 10.6 Å². The highest BCUT2D eigenvalue weighted by molar-refractivity contribution is 7.10. The van der Waals surface area contributed by atoms with Gasteiger partial charge in [0.15, 0.2) is 0 Å². The van der Waals surface area contributed by atoms with E-state index in [1.54, 1.807) is 35.6 Å². The third-order valence-corrected chi connectivity index (χ3v) is 4.74. The Hall–Kier alpha value is -2.14. The van der Waals surface area contributed by atoms with Gasteiger partial charge in [0, 0.05) is 22.0 Å². The number of hydrogen-bond donors (Lipinski definition) is 2. The Morgan fingerprint density at radius 3 is 2.50 bits per heavy atom. The van der Waals surface area contributed by atoms with Crippen molar-refractivity contribution < 1.29 is 9.59 Å². The van der Waals surface area contributed by atoms with E-state index in [-0.39, 0.29) is 23.8 Å². The summed E-state index contributed by atoms with van der Waals surface area (Å²) in [7, 11) is 0. The van der Waals surface area contributed by atoms with E-state index in [4.69, 9.17) is 0 Å². The van der Waals surface area contributed by atoms with Gasteiger partial charge in [0.05, 0.1) is 6.04 Å². The molecule has 0 aliphatic heterocycles. The SMILES string of the molecule is C[C@H](NC(=O)c1ccc(NC(=O)C2CC2)cc1)c1cccs1. The summed E-state index contributed by atoms with van der Waals surface area (Å²) in [6, 6.07) is 11.0. The summed E-state index contributed by atoms with van der Waals surface area (Å²) in [6.45, 7) is 1.97. The Morgan fingerprint density at radius 1 is 1.18 bits per heavy atom. The van der Waals surface area contributed by atoms with Crippen molar-refractivity contribution in [1.82, 2.24) is 5.32 Å². The molecule has 1 fully saturated rings. The largest absolute Gasteiger partial charge is 0.345 e. The molecule has 3 rings (SSSR count). The van der Waals surface area contributed by atoms with Crippen molar-refractivity contribution in [2.24, 2.45) is 5.92 Å². The second kappa shape index (κ2) is 6.32. The molecule has 114 valence electrons. The highest BCUT2D eigenvalue weighted by atomic mass is 32.1. The van der Waals surface area contributed by atoms with Crippen molar-refractivity contribution in [1.29, 1.82) is 0 Å². The number of thiophene rings is 1. The summed E-state index contributed by atoms with van der Waals surface area (Å²) in [5.41, 5.74) is 1.33. The summed E-state index contributed by atoms with van der Waals surface area (Å²) in [5.74, 6) is 0.138. The highest BCUT2D eigenvalue weighted by Crippen LogP contribution is 2.30. The first-order valence-electron chi connectivity index (χ1n) is 7.38. The molecular formula is C17H18N2O2S. The number of nitrogens with one attached hydrogen (secondary N) is 2. The minimum Gasteiger partial charge on any atom is -0.345 e. The Kier molecular flexibility index (Phi) is 4.24. The zero-order valence-corrected chi connectivity index (χ0v) is 13.2. The topological polar surface area (TPSA) is 58.2 Å². The summed E-state index contributed by atoms with van der Waals surface area (Å²) in [6.07, 6.45) is 1.96. The molecule has 1 heterocycles. The van der Waals surface area contributed by atoms with E-state index in [0.717, 1.165) is 23.4 Å². The lowest BCUT2D eigenvalue weighted by Crippen LogP contribution is -2.26. The maximum atomic E-state index is 12.2. The van der Waals surface area contributed by atoms with Gasteiger partial charge in [-0.2, -0.15) is 0 Å². The van der Waals surface area contributed by atoms with Gasteiger partial charge in [-0.25, -0.2) is 0 Å². The molecule has 2 N–H and O–H groups in total. The monoisotopic (exact) mass is 314 g/mol. The molecule has 5 heteroatoms. The summed E-state index contributed by atoms with van der Waals surface area (Å²) >= 11 is 1.62. The number of benzene rings is 1. The first kappa shape index (κ1) is 14.8. The van der Waals surface area contributed by atoms with Crippen LogP contribution in [0.4, 0.5) is 5.69 Å². The Morgan fingerprint density at radius 2 is 1.91 bits per heavy atom. The Labute approximate surface area is 133 Å². The third-order valence-electron chi connectivity index (χ3n) is 3.68. The maximum Gasteiger partial charge on any atom is 0.251 e. The van der Waals surface area contributed by atoms with Crippen LogP contribution in [0.5, 0.6) is 0 Å². The molecule has 2 amide bonds. The van der Waals surface area contributed by atoms with Crippen LogP contribution in [0.2, 0.25) is 0 Å². The first-order chi connectivity index (χ1) is 10.6. The van der Waals surface area contributed by atoms with E-state index in [9.17, 15) is 9.59 Å². The maximum absolute atomic E-state index is 12.2. The highest BCUT2D eigenvalue weighted by Gasteiger charge is 2.29. The molecule has 0 saturated heterocycles. The van der Waals surface area contributed by atoms with Crippen LogP contribution >= 0.6 is 11.3 Å². The normalized spacial score (nSPS) is 15.1. The van der Waals surface area contributed by atoms with Gasteiger partial charge in [0.25, 0.3) is 5.91 Å². The lowest BCUT2D eigenvalue weighted by Gasteiger charge is -2.12. The molecule has 0 spiro atoms. The van der Waals surface area contributed by atoms with Gasteiger partial charge in [-0.15, -0.1) is 11.3 Å². The van der Waals surface area contributed by atoms with Crippen molar-refractivity contribution in [3.8, 4) is 0 Å². The smallest absolute Gasteiger partial charge is 0.251 e. The fourth-order valence-electron chi connectivity index (χ4n) is 2.18. The van der Waals surface area contributed by atoms with Crippen LogP contribution in [0.3, 0.4) is 0 Å². The molecule has 1 aromatic heterocycles. The fourth-order valence-corrected chi connectivity index (χ4v) is 2.92. The zero-order valence-electron chi connectivity index (χ0n) is 12.3. The number of rotatable bonds is 5. The van der Waals surface area contributed by atoms with E-state index < -0.39 is 0 Å². The molecule has 4 nitrogen and oxygen atoms in total. The van der Waals surface area contributed by atoms with Gasteiger partial charge in [0.1, 0.15) is 0 Å². The summed E-state index contributed by atoms with van der Waals surface area (Å²) in [4.78, 5) is 25.0. The molecule has 0 radical (unpaired) electrons. The first-order valence-corrected chi connectivity index (χ1v) is 8.26. The van der Waals surface area contributed by atoms with E-state index >= 15 is 0 Å². The minimum atomic E-state index is -0.110. The van der Waals surface area contributed by atoms with Gasteiger partial charge >= 0.3 is 0 Å². The average Bonchev–Trinajstić information content (AvgIpc) is 3.22. The lowest BCUT2D eigenvalue weighted by molar-refractivity contribution is -0.117. The number of carbonyl (C=O) groups excluding carboxylic acids is 2. The van der Waals surface area contributed by atoms with Crippen LogP contribution in [0.1, 0.15) is 41.0 Å². The van der Waals surface area contributed by atoms with Crippen LogP contribution in [-0.4, -0.2) is 11.8 Å². The number of amides is 2.